The van der Waals surface area contributed by atoms with E-state index in [4.69, 9.17) is 0 Å². The molecular weight excluding hydrogens is 438 g/mol. The minimum atomic E-state index is -3.63. The van der Waals surface area contributed by atoms with E-state index in [2.05, 4.69) is 10.1 Å². The average Bonchev–Trinajstić information content (AvgIpc) is 2.71. The van der Waals surface area contributed by atoms with Crippen molar-refractivity contribution in [3.05, 3.63) is 58.7 Å². The van der Waals surface area contributed by atoms with E-state index >= 15 is 0 Å². The number of benzene rings is 2. The van der Waals surface area contributed by atoms with Gasteiger partial charge in [-0.3, -0.25) is 4.79 Å². The number of nitrogens with zero attached hydrogens (tertiary/aromatic N) is 1. The summed E-state index contributed by atoms with van der Waals surface area (Å²) in [6, 6.07) is 9.89. The molecule has 1 aliphatic rings. The molecule has 2 aromatic carbocycles. The van der Waals surface area contributed by atoms with Crippen molar-refractivity contribution < 1.29 is 26.7 Å². The van der Waals surface area contributed by atoms with Gasteiger partial charge >= 0.3 is 6.61 Å². The zero-order chi connectivity index (χ0) is 23.5. The van der Waals surface area contributed by atoms with E-state index < -0.39 is 16.6 Å². The molecule has 1 saturated heterocycles. The van der Waals surface area contributed by atoms with Gasteiger partial charge in [-0.05, 0) is 62.4 Å². The van der Waals surface area contributed by atoms with Crippen LogP contribution in [0.2, 0.25) is 0 Å². The molecule has 2 aromatic rings. The molecule has 1 fully saturated rings. The van der Waals surface area contributed by atoms with Gasteiger partial charge < -0.3 is 10.1 Å². The second-order valence-electron chi connectivity index (χ2n) is 8.15. The van der Waals surface area contributed by atoms with E-state index in [1.165, 1.54) is 16.4 Å². The maximum Gasteiger partial charge on any atom is 0.387 e. The number of ether oxygens (including phenoxy) is 1. The average molecular weight is 467 g/mol. The highest BCUT2D eigenvalue weighted by Gasteiger charge is 2.33. The highest BCUT2D eigenvalue weighted by Crippen LogP contribution is 2.29. The number of hydrogen-bond donors (Lipinski definition) is 1. The van der Waals surface area contributed by atoms with Crippen molar-refractivity contribution in [3.63, 3.8) is 0 Å². The lowest BCUT2D eigenvalue weighted by Gasteiger charge is -2.31. The molecule has 9 heteroatoms. The van der Waals surface area contributed by atoms with E-state index in [9.17, 15) is 22.0 Å². The number of nitrogens with one attached hydrogen (secondary N) is 1. The summed E-state index contributed by atoms with van der Waals surface area (Å²) in [5, 5.41) is 2.81. The second kappa shape index (κ2) is 9.95. The fraction of sp³-hybridized carbons (Fsp3) is 0.435. The summed E-state index contributed by atoms with van der Waals surface area (Å²) in [4.78, 5) is 12.9. The molecule has 1 heterocycles. The molecule has 3 rings (SSSR count). The van der Waals surface area contributed by atoms with Crippen LogP contribution in [0.4, 0.5) is 8.78 Å². The van der Waals surface area contributed by atoms with Crippen molar-refractivity contribution in [1.29, 1.82) is 0 Å². The van der Waals surface area contributed by atoms with Gasteiger partial charge in [0, 0.05) is 25.6 Å². The first-order valence-electron chi connectivity index (χ1n) is 10.5. The van der Waals surface area contributed by atoms with E-state index in [-0.39, 0.29) is 37.2 Å². The topological polar surface area (TPSA) is 75.7 Å². The van der Waals surface area contributed by atoms with E-state index in [1.54, 1.807) is 26.0 Å². The van der Waals surface area contributed by atoms with E-state index in [0.717, 1.165) is 16.7 Å². The Morgan fingerprint density at radius 1 is 1.12 bits per heavy atom. The van der Waals surface area contributed by atoms with Crippen molar-refractivity contribution in [2.75, 3.05) is 13.1 Å². The third kappa shape index (κ3) is 5.63. The van der Waals surface area contributed by atoms with Crippen LogP contribution in [0.1, 0.15) is 35.1 Å². The van der Waals surface area contributed by atoms with Gasteiger partial charge in [-0.2, -0.15) is 13.1 Å². The minimum absolute atomic E-state index is 0.0342. The van der Waals surface area contributed by atoms with Crippen LogP contribution in [0, 0.1) is 26.7 Å². The molecule has 1 aliphatic heterocycles. The predicted molar refractivity (Wildman–Crippen MR) is 117 cm³/mol. The summed E-state index contributed by atoms with van der Waals surface area (Å²) >= 11 is 0. The number of piperidine rings is 1. The summed E-state index contributed by atoms with van der Waals surface area (Å²) in [7, 11) is -3.63. The van der Waals surface area contributed by atoms with Gasteiger partial charge in [0.15, 0.2) is 0 Å². The summed E-state index contributed by atoms with van der Waals surface area (Å²) in [5.74, 6) is -0.445. The van der Waals surface area contributed by atoms with E-state index in [0.29, 0.717) is 23.3 Å². The Morgan fingerprint density at radius 3 is 2.34 bits per heavy atom. The van der Waals surface area contributed by atoms with Gasteiger partial charge in [0.05, 0.1) is 4.90 Å². The molecule has 1 N–H and O–H groups in total. The lowest BCUT2D eigenvalue weighted by molar-refractivity contribution is -0.126. The smallest absolute Gasteiger partial charge is 0.387 e. The first kappa shape index (κ1) is 24.1. The van der Waals surface area contributed by atoms with Crippen LogP contribution in [0.5, 0.6) is 5.75 Å². The van der Waals surface area contributed by atoms with Crippen LogP contribution in [0.25, 0.3) is 0 Å². The molecule has 0 radical (unpaired) electrons. The van der Waals surface area contributed by atoms with Crippen LogP contribution in [0.15, 0.2) is 41.3 Å². The Morgan fingerprint density at radius 2 is 1.75 bits per heavy atom. The lowest BCUT2D eigenvalue weighted by Crippen LogP contribution is -2.43. The fourth-order valence-corrected chi connectivity index (χ4v) is 6.11. The first-order valence-corrected chi connectivity index (χ1v) is 11.9. The largest absolute Gasteiger partial charge is 0.435 e. The maximum atomic E-state index is 13.2. The molecule has 0 aromatic heterocycles. The quantitative estimate of drug-likeness (QED) is 0.671. The third-order valence-electron chi connectivity index (χ3n) is 5.62. The fourth-order valence-electron chi connectivity index (χ4n) is 4.23. The van der Waals surface area contributed by atoms with Gasteiger partial charge in [-0.1, -0.05) is 29.8 Å². The highest BCUT2D eigenvalue weighted by molar-refractivity contribution is 7.89. The first-order chi connectivity index (χ1) is 15.1. The third-order valence-corrected chi connectivity index (χ3v) is 7.82. The van der Waals surface area contributed by atoms with Gasteiger partial charge in [0.2, 0.25) is 15.9 Å². The molecule has 0 aliphatic carbocycles. The van der Waals surface area contributed by atoms with Crippen LogP contribution in [-0.4, -0.2) is 38.3 Å². The van der Waals surface area contributed by atoms with Crippen LogP contribution in [0.3, 0.4) is 0 Å². The molecule has 174 valence electrons. The Kier molecular flexibility index (Phi) is 7.51. The van der Waals surface area contributed by atoms with Gasteiger partial charge in [-0.25, -0.2) is 8.42 Å². The number of rotatable bonds is 7. The molecule has 0 bridgehead atoms. The molecular formula is C23H28F2N2O4S. The summed E-state index contributed by atoms with van der Waals surface area (Å²) in [6.45, 7) is 3.34. The van der Waals surface area contributed by atoms with Crippen molar-refractivity contribution in [2.45, 2.75) is 51.7 Å². The van der Waals surface area contributed by atoms with Crippen LogP contribution >= 0.6 is 0 Å². The van der Waals surface area contributed by atoms with E-state index in [1.807, 2.05) is 19.1 Å². The summed E-state index contributed by atoms with van der Waals surface area (Å²) in [6.07, 6.45) is 0.840. The summed E-state index contributed by atoms with van der Waals surface area (Å²) in [5.41, 5.74) is 3.10. The number of carbonyl (C=O) groups is 1. The number of carbonyl (C=O) groups excluding carboxylic acids is 1. The Labute approximate surface area is 187 Å². The monoisotopic (exact) mass is 466 g/mol. The number of halogens is 2. The normalized spacial score (nSPS) is 15.7. The van der Waals surface area contributed by atoms with Crippen molar-refractivity contribution in [3.8, 4) is 5.75 Å². The highest BCUT2D eigenvalue weighted by atomic mass is 32.2. The number of hydrogen-bond acceptors (Lipinski definition) is 4. The van der Waals surface area contributed by atoms with Crippen LogP contribution < -0.4 is 10.1 Å². The number of amides is 1. The predicted octanol–water partition coefficient (Wildman–Crippen LogP) is 3.93. The number of alkyl halides is 2. The minimum Gasteiger partial charge on any atom is -0.435 e. The number of aryl methyl sites for hydroxylation is 3. The second-order valence-corrected chi connectivity index (χ2v) is 10.0. The molecule has 1 amide bonds. The van der Waals surface area contributed by atoms with Crippen LogP contribution in [-0.2, 0) is 21.4 Å². The molecule has 0 saturated carbocycles. The Bertz CT molecular complexity index is 1060. The SMILES string of the molecule is Cc1cc(C)c(S(=O)(=O)N2CCC(C(=O)NCc3cccc(OC(F)F)c3)CC2)c(C)c1. The summed E-state index contributed by atoms with van der Waals surface area (Å²) < 4.78 is 56.9. The van der Waals surface area contributed by atoms with Crippen molar-refractivity contribution in [1.82, 2.24) is 9.62 Å². The zero-order valence-corrected chi connectivity index (χ0v) is 19.2. The maximum absolute atomic E-state index is 13.2. The molecule has 6 nitrogen and oxygen atoms in total. The number of sulfonamides is 1. The molecule has 0 unspecified atom stereocenters. The Hall–Kier alpha value is -2.52. The molecule has 0 atom stereocenters. The van der Waals surface area contributed by atoms with Gasteiger partial charge in [0.25, 0.3) is 0 Å². The molecule has 0 spiro atoms. The van der Waals surface area contributed by atoms with Gasteiger partial charge in [-0.15, -0.1) is 0 Å². The van der Waals surface area contributed by atoms with Crippen molar-refractivity contribution in [2.24, 2.45) is 5.92 Å². The lowest BCUT2D eigenvalue weighted by atomic mass is 9.97. The Balaban J connectivity index is 1.58. The standard InChI is InChI=1S/C23H28F2N2O4S/c1-15-11-16(2)21(17(3)12-15)32(29,30)27-9-7-19(8-10-27)22(28)26-14-18-5-4-6-20(13-18)31-23(24)25/h4-6,11-13,19,23H,7-10,14H2,1-3H3,(H,26,28). The van der Waals surface area contributed by atoms with Gasteiger partial charge in [0.1, 0.15) is 5.75 Å². The molecule has 32 heavy (non-hydrogen) atoms. The zero-order valence-electron chi connectivity index (χ0n) is 18.4. The van der Waals surface area contributed by atoms with Crippen molar-refractivity contribution >= 4 is 15.9 Å².